The summed E-state index contributed by atoms with van der Waals surface area (Å²) < 4.78 is 4.80. The third-order valence-corrected chi connectivity index (χ3v) is 2.72. The van der Waals surface area contributed by atoms with E-state index in [0.29, 0.717) is 5.56 Å². The van der Waals surface area contributed by atoms with E-state index in [9.17, 15) is 4.79 Å². The lowest BCUT2D eigenvalue weighted by Crippen LogP contribution is -1.99. The molecular formula is C17H15NO2. The molecule has 0 atom stereocenters. The number of carbonyl (C=O) groups is 1. The van der Waals surface area contributed by atoms with Gasteiger partial charge >= 0.3 is 5.97 Å². The quantitative estimate of drug-likeness (QED) is 0.778. The second-order valence-electron chi connectivity index (χ2n) is 4.08. The largest absolute Gasteiger partial charge is 0.465 e. The first-order valence-electron chi connectivity index (χ1n) is 6.23. The summed E-state index contributed by atoms with van der Waals surface area (Å²) in [6, 6.07) is 18.7. The number of nitrogens with zero attached hydrogens (tertiary/aromatic N) is 1. The Labute approximate surface area is 118 Å². The minimum atomic E-state index is -0.367. The Bertz CT molecular complexity index is 637. The minimum Gasteiger partial charge on any atom is -0.465 e. The summed E-state index contributed by atoms with van der Waals surface area (Å²) in [4.78, 5) is 15.9. The van der Waals surface area contributed by atoms with Crippen LogP contribution >= 0.6 is 0 Å². The Balaban J connectivity index is 2.64. The highest BCUT2D eigenvalue weighted by Crippen LogP contribution is 2.17. The first-order chi connectivity index (χ1) is 9.81. The van der Waals surface area contributed by atoms with Gasteiger partial charge in [0.2, 0.25) is 0 Å². The number of hydrogen-bond donors (Lipinski definition) is 0. The molecule has 0 aliphatic carbocycles. The van der Waals surface area contributed by atoms with Crippen molar-refractivity contribution >= 4 is 5.97 Å². The van der Waals surface area contributed by atoms with Gasteiger partial charge in [-0.1, -0.05) is 42.5 Å². The van der Waals surface area contributed by atoms with Crippen LogP contribution in [0.15, 0.2) is 73.1 Å². The molecular weight excluding hydrogens is 250 g/mol. The third kappa shape index (κ3) is 3.65. The predicted octanol–water partition coefficient (Wildman–Crippen LogP) is 3.66. The van der Waals surface area contributed by atoms with E-state index in [1.165, 1.54) is 7.11 Å². The maximum atomic E-state index is 11.8. The van der Waals surface area contributed by atoms with Gasteiger partial charge < -0.3 is 4.74 Å². The maximum absolute atomic E-state index is 11.8. The summed E-state index contributed by atoms with van der Waals surface area (Å²) in [6.45, 7) is 0. The van der Waals surface area contributed by atoms with Crippen LogP contribution in [0.4, 0.5) is 0 Å². The van der Waals surface area contributed by atoms with E-state index in [0.717, 1.165) is 11.1 Å². The average molecular weight is 265 g/mol. The van der Waals surface area contributed by atoms with Gasteiger partial charge in [-0.25, -0.2) is 4.79 Å². The molecule has 100 valence electrons. The van der Waals surface area contributed by atoms with E-state index in [1.807, 2.05) is 42.5 Å². The molecule has 0 spiro atoms. The second-order valence-corrected chi connectivity index (χ2v) is 4.08. The zero-order valence-corrected chi connectivity index (χ0v) is 11.2. The molecule has 0 radical (unpaired) electrons. The van der Waals surface area contributed by atoms with Gasteiger partial charge in [0.15, 0.2) is 0 Å². The van der Waals surface area contributed by atoms with E-state index in [4.69, 9.17) is 4.74 Å². The fourth-order valence-corrected chi connectivity index (χ4v) is 1.73. The van der Waals surface area contributed by atoms with E-state index >= 15 is 0 Å². The Kier molecular flexibility index (Phi) is 4.84. The smallest absolute Gasteiger partial charge is 0.337 e. The molecule has 1 heterocycles. The normalized spacial score (nSPS) is 9.45. The van der Waals surface area contributed by atoms with Gasteiger partial charge in [0.05, 0.1) is 12.7 Å². The lowest BCUT2D eigenvalue weighted by molar-refractivity contribution is 0.0601. The summed E-state index contributed by atoms with van der Waals surface area (Å²) in [5, 5.41) is 0. The first kappa shape index (κ1) is 13.7. The maximum Gasteiger partial charge on any atom is 0.337 e. The second kappa shape index (κ2) is 7.04. The highest BCUT2D eigenvalue weighted by Gasteiger charge is 2.04. The van der Waals surface area contributed by atoms with Crippen LogP contribution in [0.25, 0.3) is 11.1 Å². The Morgan fingerprint density at radius 1 is 0.950 bits per heavy atom. The zero-order valence-electron chi connectivity index (χ0n) is 11.2. The van der Waals surface area contributed by atoms with Crippen LogP contribution in [-0.2, 0) is 4.74 Å². The molecule has 1 aromatic carbocycles. The van der Waals surface area contributed by atoms with Gasteiger partial charge in [-0.05, 0) is 23.8 Å². The number of rotatable bonds is 2. The summed E-state index contributed by atoms with van der Waals surface area (Å²) >= 11 is 0. The van der Waals surface area contributed by atoms with Gasteiger partial charge in [0, 0.05) is 18.0 Å². The number of methoxy groups -OCH3 is 1. The minimum absolute atomic E-state index is 0.367. The average Bonchev–Trinajstić information content (AvgIpc) is 2.52. The van der Waals surface area contributed by atoms with Crippen LogP contribution in [0.1, 0.15) is 10.4 Å². The van der Waals surface area contributed by atoms with E-state index in [1.54, 1.807) is 30.6 Å². The Morgan fingerprint density at radius 2 is 1.65 bits per heavy atom. The molecule has 2 aromatic rings. The van der Waals surface area contributed by atoms with Crippen LogP contribution in [0, 0.1) is 0 Å². The number of hydrogen-bond acceptors (Lipinski definition) is 3. The van der Waals surface area contributed by atoms with Crippen molar-refractivity contribution in [3.05, 3.63) is 78.6 Å². The number of pyridine rings is 1. The van der Waals surface area contributed by atoms with Crippen LogP contribution in [0.5, 0.6) is 0 Å². The van der Waals surface area contributed by atoms with Crippen molar-refractivity contribution in [3.8, 4) is 11.1 Å². The van der Waals surface area contributed by atoms with Crippen LogP contribution < -0.4 is 0 Å². The SMILES string of the molecule is COC(=O)c1cccccccc(-c2cccnc2)c1. The van der Waals surface area contributed by atoms with E-state index in [-0.39, 0.29) is 5.97 Å². The summed E-state index contributed by atoms with van der Waals surface area (Å²) in [5.74, 6) is -0.367. The monoisotopic (exact) mass is 265 g/mol. The molecule has 0 amide bonds. The molecule has 20 heavy (non-hydrogen) atoms. The van der Waals surface area contributed by atoms with E-state index < -0.39 is 0 Å². The van der Waals surface area contributed by atoms with Crippen molar-refractivity contribution in [1.82, 2.24) is 4.98 Å². The number of carbonyl (C=O) groups excluding carboxylic acids is 1. The molecule has 0 aliphatic rings. The van der Waals surface area contributed by atoms with Crippen LogP contribution in [0.2, 0.25) is 0 Å². The summed E-state index contributed by atoms with van der Waals surface area (Å²) in [7, 11) is 1.37. The number of ether oxygens (including phenoxy) is 1. The topological polar surface area (TPSA) is 39.2 Å². The van der Waals surface area contributed by atoms with Crippen molar-refractivity contribution in [2.24, 2.45) is 0 Å². The van der Waals surface area contributed by atoms with Gasteiger partial charge in [-0.3, -0.25) is 4.98 Å². The lowest BCUT2D eigenvalue weighted by atomic mass is 10.1. The van der Waals surface area contributed by atoms with Crippen molar-refractivity contribution in [1.29, 1.82) is 0 Å². The molecule has 0 bridgehead atoms. The third-order valence-electron chi connectivity index (χ3n) is 2.72. The highest BCUT2D eigenvalue weighted by molar-refractivity contribution is 5.90. The summed E-state index contributed by atoms with van der Waals surface area (Å²) in [5.41, 5.74) is 2.33. The zero-order chi connectivity index (χ0) is 14.2. The van der Waals surface area contributed by atoms with Gasteiger partial charge in [-0.2, -0.15) is 0 Å². The molecule has 0 saturated carbocycles. The van der Waals surface area contributed by atoms with Crippen molar-refractivity contribution < 1.29 is 9.53 Å². The van der Waals surface area contributed by atoms with Gasteiger partial charge in [-0.15, -0.1) is 0 Å². The molecule has 0 N–H and O–H groups in total. The Hall–Kier alpha value is -2.68. The predicted molar refractivity (Wildman–Crippen MR) is 78.6 cm³/mol. The fraction of sp³-hybridized carbons (Fsp3) is 0.0588. The highest BCUT2D eigenvalue weighted by atomic mass is 16.5. The number of esters is 1. The number of aromatic nitrogens is 1. The Morgan fingerprint density at radius 3 is 2.35 bits per heavy atom. The molecule has 3 nitrogen and oxygen atoms in total. The first-order valence-corrected chi connectivity index (χ1v) is 6.23. The molecule has 0 aliphatic heterocycles. The molecule has 0 saturated heterocycles. The van der Waals surface area contributed by atoms with Gasteiger partial charge in [0.1, 0.15) is 0 Å². The lowest BCUT2D eigenvalue weighted by Gasteiger charge is -2.01. The molecule has 0 unspecified atom stereocenters. The molecule has 1 aromatic heterocycles. The molecule has 0 fully saturated rings. The van der Waals surface area contributed by atoms with Gasteiger partial charge in [0.25, 0.3) is 0 Å². The molecule has 3 heteroatoms. The van der Waals surface area contributed by atoms with Crippen LogP contribution in [-0.4, -0.2) is 18.1 Å². The van der Waals surface area contributed by atoms with Crippen molar-refractivity contribution in [3.63, 3.8) is 0 Å². The standard InChI is InChI=1S/C17H15NO2/c1-20-17(19)15-9-6-4-2-3-5-8-14(12-15)16-10-7-11-18-13-16/h2-13H,1H3. The summed E-state index contributed by atoms with van der Waals surface area (Å²) in [6.07, 6.45) is 3.48. The van der Waals surface area contributed by atoms with Crippen molar-refractivity contribution in [2.45, 2.75) is 0 Å². The van der Waals surface area contributed by atoms with E-state index in [2.05, 4.69) is 4.98 Å². The van der Waals surface area contributed by atoms with Crippen LogP contribution in [0.3, 0.4) is 0 Å². The fourth-order valence-electron chi connectivity index (χ4n) is 1.73. The molecule has 2 rings (SSSR count). The van der Waals surface area contributed by atoms with Crippen molar-refractivity contribution in [2.75, 3.05) is 7.11 Å².